The lowest BCUT2D eigenvalue weighted by Gasteiger charge is -2.33. The topological polar surface area (TPSA) is 75.6 Å². The molecule has 2 rings (SSSR count). The van der Waals surface area contributed by atoms with Gasteiger partial charge < -0.3 is 15.2 Å². The van der Waals surface area contributed by atoms with Gasteiger partial charge in [0.2, 0.25) is 5.91 Å². The molecule has 0 unspecified atom stereocenters. The number of ether oxygens (including phenoxy) is 1. The van der Waals surface area contributed by atoms with E-state index in [0.717, 1.165) is 17.1 Å². The maximum Gasteiger partial charge on any atom is 0.329 e. The van der Waals surface area contributed by atoms with Gasteiger partial charge in [-0.2, -0.15) is 11.8 Å². The van der Waals surface area contributed by atoms with Gasteiger partial charge in [-0.25, -0.2) is 4.79 Å². The third-order valence-electron chi connectivity index (χ3n) is 3.82. The second kappa shape index (κ2) is 7.73. The van der Waals surface area contributed by atoms with Gasteiger partial charge in [0, 0.05) is 5.56 Å². The molecule has 1 amide bonds. The smallest absolute Gasteiger partial charge is 0.329 e. The van der Waals surface area contributed by atoms with Gasteiger partial charge in [0.05, 0.1) is 12.5 Å². The van der Waals surface area contributed by atoms with Gasteiger partial charge in [0.1, 0.15) is 11.3 Å². The number of rotatable bonds is 6. The predicted molar refractivity (Wildman–Crippen MR) is 91.0 cm³/mol. The summed E-state index contributed by atoms with van der Waals surface area (Å²) < 4.78 is 5.71. The van der Waals surface area contributed by atoms with E-state index in [-0.39, 0.29) is 18.4 Å². The normalized spacial score (nSPS) is 16.8. The second-order valence-electron chi connectivity index (χ2n) is 6.00. The Morgan fingerprint density at radius 3 is 2.57 bits per heavy atom. The lowest BCUT2D eigenvalue weighted by molar-refractivity contribution is -0.148. The van der Waals surface area contributed by atoms with Gasteiger partial charge in [-0.05, 0) is 44.3 Å². The van der Waals surface area contributed by atoms with Crippen LogP contribution in [0.4, 0.5) is 0 Å². The molecule has 1 heterocycles. The standard InChI is InChI=1S/C17H23NO4S/c1-12(2)22-14-6-4-3-5-13(14)11-15(19)18-17(16(20)21)7-9-23-10-8-17/h3-6,12H,7-11H2,1-2H3,(H,18,19)(H,20,21). The van der Waals surface area contributed by atoms with Crippen LogP contribution in [0.25, 0.3) is 0 Å². The zero-order valence-electron chi connectivity index (χ0n) is 13.5. The Hall–Kier alpha value is -1.69. The van der Waals surface area contributed by atoms with Crippen LogP contribution in [0.15, 0.2) is 24.3 Å². The molecule has 0 aliphatic carbocycles. The molecular formula is C17H23NO4S. The summed E-state index contributed by atoms with van der Waals surface area (Å²) in [4.78, 5) is 24.0. The molecule has 126 valence electrons. The number of carbonyl (C=O) groups is 2. The Balaban J connectivity index is 2.08. The van der Waals surface area contributed by atoms with Crippen molar-refractivity contribution in [2.45, 2.75) is 44.8 Å². The first kappa shape index (κ1) is 17.7. The number of hydrogen-bond donors (Lipinski definition) is 2. The molecule has 0 atom stereocenters. The molecule has 1 saturated heterocycles. The minimum absolute atomic E-state index is 0.0138. The summed E-state index contributed by atoms with van der Waals surface area (Å²) in [5, 5.41) is 12.3. The molecule has 0 saturated carbocycles. The summed E-state index contributed by atoms with van der Waals surface area (Å²) in [7, 11) is 0. The summed E-state index contributed by atoms with van der Waals surface area (Å²) in [6, 6.07) is 7.37. The maximum absolute atomic E-state index is 12.4. The second-order valence-corrected chi connectivity index (χ2v) is 7.22. The molecule has 5 nitrogen and oxygen atoms in total. The van der Waals surface area contributed by atoms with Crippen molar-refractivity contribution in [2.24, 2.45) is 0 Å². The first-order valence-corrected chi connectivity index (χ1v) is 8.95. The van der Waals surface area contributed by atoms with Crippen LogP contribution in [0, 0.1) is 0 Å². The molecular weight excluding hydrogens is 314 g/mol. The SMILES string of the molecule is CC(C)Oc1ccccc1CC(=O)NC1(C(=O)O)CCSCC1. The fourth-order valence-corrected chi connectivity index (χ4v) is 3.80. The summed E-state index contributed by atoms with van der Waals surface area (Å²) in [6.45, 7) is 3.85. The lowest BCUT2D eigenvalue weighted by Crippen LogP contribution is -2.56. The number of hydrogen-bond acceptors (Lipinski definition) is 4. The van der Waals surface area contributed by atoms with Crippen LogP contribution in [0.2, 0.25) is 0 Å². The molecule has 1 aromatic carbocycles. The zero-order chi connectivity index (χ0) is 16.9. The molecule has 6 heteroatoms. The average molecular weight is 337 g/mol. The summed E-state index contributed by atoms with van der Waals surface area (Å²) in [5.41, 5.74) is -0.361. The van der Waals surface area contributed by atoms with Crippen molar-refractivity contribution in [3.05, 3.63) is 29.8 Å². The minimum atomic E-state index is -1.13. The van der Waals surface area contributed by atoms with Gasteiger partial charge >= 0.3 is 5.97 Å². The summed E-state index contributed by atoms with van der Waals surface area (Å²) >= 11 is 1.72. The van der Waals surface area contributed by atoms with Crippen molar-refractivity contribution in [3.8, 4) is 5.75 Å². The molecule has 0 radical (unpaired) electrons. The van der Waals surface area contributed by atoms with Gasteiger partial charge in [-0.15, -0.1) is 0 Å². The number of amides is 1. The largest absolute Gasteiger partial charge is 0.491 e. The fraction of sp³-hybridized carbons (Fsp3) is 0.529. The van der Waals surface area contributed by atoms with E-state index in [0.29, 0.717) is 18.6 Å². The number of para-hydroxylation sites is 1. The average Bonchev–Trinajstić information content (AvgIpc) is 2.49. The van der Waals surface area contributed by atoms with Crippen molar-refractivity contribution in [3.63, 3.8) is 0 Å². The molecule has 1 aliphatic rings. The van der Waals surface area contributed by atoms with Crippen LogP contribution in [-0.4, -0.2) is 40.1 Å². The number of carboxylic acid groups (broad SMARTS) is 1. The molecule has 0 spiro atoms. The Labute approximate surface area is 140 Å². The highest BCUT2D eigenvalue weighted by Gasteiger charge is 2.41. The van der Waals surface area contributed by atoms with Gasteiger partial charge in [0.15, 0.2) is 0 Å². The lowest BCUT2D eigenvalue weighted by atomic mass is 9.92. The van der Waals surface area contributed by atoms with Crippen LogP contribution in [0.5, 0.6) is 5.75 Å². The van der Waals surface area contributed by atoms with Gasteiger partial charge in [-0.1, -0.05) is 18.2 Å². The van der Waals surface area contributed by atoms with E-state index >= 15 is 0 Å². The number of benzene rings is 1. The van der Waals surface area contributed by atoms with Crippen LogP contribution in [0.3, 0.4) is 0 Å². The van der Waals surface area contributed by atoms with E-state index in [1.165, 1.54) is 0 Å². The molecule has 1 fully saturated rings. The Kier molecular flexibility index (Phi) is 5.93. The quantitative estimate of drug-likeness (QED) is 0.834. The van der Waals surface area contributed by atoms with Gasteiger partial charge in [0.25, 0.3) is 0 Å². The number of carbonyl (C=O) groups excluding carboxylic acids is 1. The summed E-state index contributed by atoms with van der Waals surface area (Å²) in [5.74, 6) is 0.942. The van der Waals surface area contributed by atoms with Crippen molar-refractivity contribution in [1.82, 2.24) is 5.32 Å². The molecule has 2 N–H and O–H groups in total. The van der Waals surface area contributed by atoms with Crippen molar-refractivity contribution in [2.75, 3.05) is 11.5 Å². The highest BCUT2D eigenvalue weighted by atomic mass is 32.2. The van der Waals surface area contributed by atoms with Gasteiger partial charge in [-0.3, -0.25) is 4.79 Å². The van der Waals surface area contributed by atoms with Crippen molar-refractivity contribution >= 4 is 23.6 Å². The Bertz CT molecular complexity index is 567. The van der Waals surface area contributed by atoms with E-state index in [2.05, 4.69) is 5.32 Å². The van der Waals surface area contributed by atoms with E-state index in [4.69, 9.17) is 4.74 Å². The van der Waals surface area contributed by atoms with E-state index in [1.807, 2.05) is 38.1 Å². The van der Waals surface area contributed by atoms with E-state index in [9.17, 15) is 14.7 Å². The fourth-order valence-electron chi connectivity index (χ4n) is 2.62. The van der Waals surface area contributed by atoms with E-state index in [1.54, 1.807) is 11.8 Å². The first-order valence-electron chi connectivity index (χ1n) is 7.80. The predicted octanol–water partition coefficient (Wildman–Crippen LogP) is 2.48. The molecule has 0 bridgehead atoms. The number of carboxylic acids is 1. The van der Waals surface area contributed by atoms with Crippen LogP contribution in [-0.2, 0) is 16.0 Å². The Morgan fingerprint density at radius 2 is 1.96 bits per heavy atom. The van der Waals surface area contributed by atoms with E-state index < -0.39 is 11.5 Å². The highest BCUT2D eigenvalue weighted by Crippen LogP contribution is 2.28. The number of aliphatic carboxylic acids is 1. The first-order chi connectivity index (χ1) is 10.9. The molecule has 1 aromatic rings. The third kappa shape index (κ3) is 4.64. The minimum Gasteiger partial charge on any atom is -0.491 e. The highest BCUT2D eigenvalue weighted by molar-refractivity contribution is 7.99. The maximum atomic E-state index is 12.4. The van der Waals surface area contributed by atoms with Crippen molar-refractivity contribution in [1.29, 1.82) is 0 Å². The monoisotopic (exact) mass is 337 g/mol. The molecule has 0 aromatic heterocycles. The summed E-state index contributed by atoms with van der Waals surface area (Å²) in [6.07, 6.45) is 1.05. The number of thioether (sulfide) groups is 1. The Morgan fingerprint density at radius 1 is 1.30 bits per heavy atom. The number of nitrogens with one attached hydrogen (secondary N) is 1. The van der Waals surface area contributed by atoms with Crippen LogP contribution < -0.4 is 10.1 Å². The van der Waals surface area contributed by atoms with Crippen molar-refractivity contribution < 1.29 is 19.4 Å². The molecule has 1 aliphatic heterocycles. The third-order valence-corrected chi connectivity index (χ3v) is 4.81. The van der Waals surface area contributed by atoms with Crippen LogP contribution in [0.1, 0.15) is 32.3 Å². The van der Waals surface area contributed by atoms with Crippen LogP contribution >= 0.6 is 11.8 Å². The molecule has 23 heavy (non-hydrogen) atoms. The zero-order valence-corrected chi connectivity index (χ0v) is 14.3.